The van der Waals surface area contributed by atoms with E-state index in [0.717, 1.165) is 38.8 Å². The number of rotatable bonds is 6. The van der Waals surface area contributed by atoms with Crippen LogP contribution in [0.3, 0.4) is 0 Å². The number of fused-ring (bicyclic) bond motifs is 2. The van der Waals surface area contributed by atoms with Crippen molar-refractivity contribution in [1.82, 2.24) is 20.8 Å². The Kier molecular flexibility index (Phi) is 7.02. The highest BCUT2D eigenvalue weighted by Crippen LogP contribution is 2.33. The van der Waals surface area contributed by atoms with Gasteiger partial charge >= 0.3 is 0 Å². The molecule has 6 nitrogen and oxygen atoms in total. The van der Waals surface area contributed by atoms with Crippen LogP contribution in [-0.2, 0) is 11.2 Å². The van der Waals surface area contributed by atoms with Gasteiger partial charge in [0.15, 0.2) is 0 Å². The minimum atomic E-state index is -0.383. The molecule has 0 radical (unpaired) electrons. The largest absolute Gasteiger partial charge is 0.353 e. The summed E-state index contributed by atoms with van der Waals surface area (Å²) in [5, 5.41) is 2.73. The molecule has 36 heavy (non-hydrogen) atoms. The Morgan fingerprint density at radius 1 is 0.944 bits per heavy atom. The number of para-hydroxylation sites is 1. The van der Waals surface area contributed by atoms with Crippen LogP contribution in [0.2, 0.25) is 5.02 Å². The van der Waals surface area contributed by atoms with Crippen molar-refractivity contribution in [3.8, 4) is 11.4 Å². The summed E-state index contributed by atoms with van der Waals surface area (Å²) < 4.78 is 0.657. The van der Waals surface area contributed by atoms with Crippen molar-refractivity contribution in [1.29, 1.82) is 0 Å². The van der Waals surface area contributed by atoms with Gasteiger partial charge in [0.1, 0.15) is 0 Å². The number of hydrazine groups is 1. The average molecular weight is 562 g/mol. The van der Waals surface area contributed by atoms with Gasteiger partial charge in [-0.2, -0.15) is 0 Å². The van der Waals surface area contributed by atoms with Gasteiger partial charge in [-0.25, -0.2) is 4.98 Å². The number of aromatic amines is 1. The monoisotopic (exact) mass is 560 g/mol. The van der Waals surface area contributed by atoms with Crippen molar-refractivity contribution in [3.63, 3.8) is 0 Å². The van der Waals surface area contributed by atoms with Crippen molar-refractivity contribution in [3.05, 3.63) is 99.5 Å². The van der Waals surface area contributed by atoms with Gasteiger partial charge in [0.25, 0.3) is 5.91 Å². The number of nitrogens with one attached hydrogen (secondary N) is 3. The highest BCUT2D eigenvalue weighted by atomic mass is 79.9. The van der Waals surface area contributed by atoms with Crippen LogP contribution < -0.4 is 10.9 Å². The van der Waals surface area contributed by atoms with E-state index >= 15 is 0 Å². The molecule has 0 aliphatic heterocycles. The fourth-order valence-electron chi connectivity index (χ4n) is 4.23. The molecule has 5 aromatic rings. The van der Waals surface area contributed by atoms with Crippen LogP contribution in [0.4, 0.5) is 0 Å². The van der Waals surface area contributed by atoms with Crippen molar-refractivity contribution in [2.24, 2.45) is 0 Å². The number of halogens is 2. The number of hydrogen-bond acceptors (Lipinski definition) is 3. The number of carbonyl (C=O) groups excluding carboxylic acids is 2. The van der Waals surface area contributed by atoms with E-state index in [1.54, 1.807) is 18.2 Å². The number of H-pyrrole nitrogens is 1. The van der Waals surface area contributed by atoms with Crippen LogP contribution in [0.25, 0.3) is 33.2 Å². The standard InChI is InChI=1S/C28H22BrClN4O2/c29-22-9-3-2-7-20(22)28(36)34-33-26(35)11-5-8-19-21-16-18(30)13-15-24(21)32-27(19)25-14-12-17-6-1-4-10-23(17)31-25/h1-4,6-7,9-10,12-16,32H,5,8,11H2,(H,33,35)(H,34,36). The fourth-order valence-corrected chi connectivity index (χ4v) is 4.87. The SMILES string of the molecule is O=C(CCCc1c(-c2ccc3ccccc3n2)[nH]c2ccc(Cl)cc12)NNC(=O)c1ccccc1Br. The Morgan fingerprint density at radius 2 is 1.75 bits per heavy atom. The molecule has 0 fully saturated rings. The molecule has 2 heterocycles. The number of nitrogens with zero attached hydrogens (tertiary/aromatic N) is 1. The van der Waals surface area contributed by atoms with E-state index in [-0.39, 0.29) is 18.2 Å². The van der Waals surface area contributed by atoms with Crippen LogP contribution in [0.5, 0.6) is 0 Å². The summed E-state index contributed by atoms with van der Waals surface area (Å²) in [6.07, 6.45) is 1.46. The zero-order valence-electron chi connectivity index (χ0n) is 19.1. The first-order valence-corrected chi connectivity index (χ1v) is 12.7. The summed E-state index contributed by atoms with van der Waals surface area (Å²) in [5.74, 6) is -0.648. The molecule has 0 saturated carbocycles. The number of aromatic nitrogens is 2. The van der Waals surface area contributed by atoms with Crippen LogP contribution in [0.1, 0.15) is 28.8 Å². The molecule has 0 spiro atoms. The second-order valence-electron chi connectivity index (χ2n) is 8.39. The van der Waals surface area contributed by atoms with E-state index in [0.29, 0.717) is 27.9 Å². The van der Waals surface area contributed by atoms with Crippen LogP contribution in [0.15, 0.2) is 83.3 Å². The molecular weight excluding hydrogens is 540 g/mol. The summed E-state index contributed by atoms with van der Waals surface area (Å²) in [6.45, 7) is 0. The molecule has 0 atom stereocenters. The Bertz CT molecular complexity index is 1600. The van der Waals surface area contributed by atoms with Gasteiger partial charge in [0, 0.05) is 32.2 Å². The summed E-state index contributed by atoms with van der Waals surface area (Å²) in [4.78, 5) is 33.1. The fraction of sp³-hybridized carbons (Fsp3) is 0.107. The van der Waals surface area contributed by atoms with Crippen molar-refractivity contribution >= 4 is 61.2 Å². The van der Waals surface area contributed by atoms with E-state index in [1.165, 1.54) is 0 Å². The van der Waals surface area contributed by atoms with Gasteiger partial charge in [-0.15, -0.1) is 0 Å². The van der Waals surface area contributed by atoms with Crippen molar-refractivity contribution < 1.29 is 9.59 Å². The average Bonchev–Trinajstić information content (AvgIpc) is 3.25. The Labute approximate surface area is 221 Å². The number of amides is 2. The Hall–Kier alpha value is -3.68. The van der Waals surface area contributed by atoms with Gasteiger partial charge < -0.3 is 4.98 Å². The molecule has 2 amide bonds. The molecule has 180 valence electrons. The maximum Gasteiger partial charge on any atom is 0.270 e. The lowest BCUT2D eigenvalue weighted by Crippen LogP contribution is -2.41. The lowest BCUT2D eigenvalue weighted by molar-refractivity contribution is -0.121. The molecule has 0 aliphatic carbocycles. The van der Waals surface area contributed by atoms with E-state index < -0.39 is 0 Å². The first-order valence-electron chi connectivity index (χ1n) is 11.5. The molecule has 0 unspecified atom stereocenters. The van der Waals surface area contributed by atoms with E-state index in [2.05, 4.69) is 37.8 Å². The van der Waals surface area contributed by atoms with Gasteiger partial charge in [-0.3, -0.25) is 20.4 Å². The quantitative estimate of drug-likeness (QED) is 0.205. The topological polar surface area (TPSA) is 86.9 Å². The number of benzene rings is 3. The molecule has 3 aromatic carbocycles. The normalized spacial score (nSPS) is 11.1. The van der Waals surface area contributed by atoms with E-state index in [4.69, 9.17) is 16.6 Å². The molecule has 2 aromatic heterocycles. The molecule has 0 aliphatic rings. The predicted molar refractivity (Wildman–Crippen MR) is 147 cm³/mol. The molecule has 3 N–H and O–H groups in total. The first kappa shape index (κ1) is 24.0. The minimum Gasteiger partial charge on any atom is -0.353 e. The van der Waals surface area contributed by atoms with Gasteiger partial charge in [0.2, 0.25) is 5.91 Å². The van der Waals surface area contributed by atoms with Gasteiger partial charge in [0.05, 0.1) is 22.5 Å². The number of aryl methyl sites for hydroxylation is 1. The summed E-state index contributed by atoms with van der Waals surface area (Å²) in [6, 6.07) is 24.8. The van der Waals surface area contributed by atoms with Crippen molar-refractivity contribution in [2.45, 2.75) is 19.3 Å². The minimum absolute atomic E-state index is 0.244. The molecule has 5 rings (SSSR count). The first-order chi connectivity index (χ1) is 17.5. The maximum atomic E-state index is 12.4. The second kappa shape index (κ2) is 10.5. The van der Waals surface area contributed by atoms with Gasteiger partial charge in [-0.05, 0) is 76.8 Å². The van der Waals surface area contributed by atoms with E-state index in [1.807, 2.05) is 54.6 Å². The third-order valence-corrected chi connectivity index (χ3v) is 6.91. The summed E-state index contributed by atoms with van der Waals surface area (Å²) in [5.41, 5.74) is 10.1. The zero-order valence-corrected chi connectivity index (χ0v) is 21.5. The zero-order chi connectivity index (χ0) is 25.1. The highest BCUT2D eigenvalue weighted by molar-refractivity contribution is 9.10. The molecule has 8 heteroatoms. The van der Waals surface area contributed by atoms with Crippen molar-refractivity contribution in [2.75, 3.05) is 0 Å². The number of carbonyl (C=O) groups is 2. The number of pyridine rings is 1. The molecule has 0 bridgehead atoms. The Morgan fingerprint density at radius 3 is 2.61 bits per heavy atom. The predicted octanol–water partition coefficient (Wildman–Crippen LogP) is 6.58. The van der Waals surface area contributed by atoms with Crippen LogP contribution >= 0.6 is 27.5 Å². The molecular formula is C28H22BrClN4O2. The van der Waals surface area contributed by atoms with Crippen LogP contribution in [0, 0.1) is 0 Å². The lowest BCUT2D eigenvalue weighted by Gasteiger charge is -2.09. The number of hydrogen-bond donors (Lipinski definition) is 3. The smallest absolute Gasteiger partial charge is 0.270 e. The van der Waals surface area contributed by atoms with Crippen LogP contribution in [-0.4, -0.2) is 21.8 Å². The maximum absolute atomic E-state index is 12.4. The lowest BCUT2D eigenvalue weighted by atomic mass is 10.0. The molecule has 0 saturated heterocycles. The second-order valence-corrected chi connectivity index (χ2v) is 9.68. The van der Waals surface area contributed by atoms with E-state index in [9.17, 15) is 9.59 Å². The summed E-state index contributed by atoms with van der Waals surface area (Å²) >= 11 is 9.64. The third kappa shape index (κ3) is 5.12. The third-order valence-electron chi connectivity index (χ3n) is 5.99. The highest BCUT2D eigenvalue weighted by Gasteiger charge is 2.16. The van der Waals surface area contributed by atoms with Gasteiger partial charge in [-0.1, -0.05) is 48.0 Å². The summed E-state index contributed by atoms with van der Waals surface area (Å²) in [7, 11) is 0. The Balaban J connectivity index is 1.31.